The van der Waals surface area contributed by atoms with Gasteiger partial charge in [-0.25, -0.2) is 13.8 Å². The molecule has 27 heavy (non-hydrogen) atoms. The van der Waals surface area contributed by atoms with Gasteiger partial charge in [0.15, 0.2) is 11.6 Å². The maximum absolute atomic E-state index is 13.4. The molecular weight excluding hydrogens is 350 g/mol. The van der Waals surface area contributed by atoms with Crippen LogP contribution in [0.5, 0.6) is 0 Å². The number of nitrogens with zero attached hydrogens (tertiary/aromatic N) is 2. The van der Waals surface area contributed by atoms with Gasteiger partial charge < -0.3 is 5.32 Å². The highest BCUT2D eigenvalue weighted by atomic mass is 19.2. The van der Waals surface area contributed by atoms with Gasteiger partial charge in [-0.3, -0.25) is 15.1 Å². The monoisotopic (exact) mass is 366 g/mol. The van der Waals surface area contributed by atoms with Crippen molar-refractivity contribution >= 4 is 17.6 Å². The summed E-state index contributed by atoms with van der Waals surface area (Å²) in [4.78, 5) is 20.7. The molecule has 0 unspecified atom stereocenters. The van der Waals surface area contributed by atoms with Crippen LogP contribution < -0.4 is 10.6 Å². The lowest BCUT2D eigenvalue weighted by Crippen LogP contribution is -2.36. The van der Waals surface area contributed by atoms with Gasteiger partial charge in [0.05, 0.1) is 6.54 Å². The molecule has 0 aliphatic rings. The van der Waals surface area contributed by atoms with E-state index < -0.39 is 17.5 Å². The second-order valence-corrected chi connectivity index (χ2v) is 5.59. The summed E-state index contributed by atoms with van der Waals surface area (Å²) in [5.41, 5.74) is 1.61. The van der Waals surface area contributed by atoms with E-state index in [-0.39, 0.29) is 11.5 Å². The van der Waals surface area contributed by atoms with E-state index in [1.807, 2.05) is 30.3 Å². The Morgan fingerprint density at radius 3 is 2.41 bits per heavy atom. The Morgan fingerprint density at radius 2 is 1.70 bits per heavy atom. The zero-order valence-electron chi connectivity index (χ0n) is 14.2. The molecule has 3 rings (SSSR count). The molecule has 136 valence electrons. The van der Waals surface area contributed by atoms with Crippen LogP contribution in [0, 0.1) is 11.6 Å². The fourth-order valence-electron chi connectivity index (χ4n) is 2.24. The molecule has 0 fully saturated rings. The van der Waals surface area contributed by atoms with Gasteiger partial charge in [-0.15, -0.1) is 0 Å². The van der Waals surface area contributed by atoms with Crippen LogP contribution in [0.15, 0.2) is 78.0 Å². The van der Waals surface area contributed by atoms with Gasteiger partial charge in [-0.2, -0.15) is 0 Å². The number of hydrogen-bond acceptors (Lipinski definition) is 3. The Kier molecular flexibility index (Phi) is 5.84. The van der Waals surface area contributed by atoms with E-state index in [0.717, 1.165) is 23.4 Å². The SMILES string of the molecule is O=C(NC(=NCc1ccncc1)Nc1ccccc1)c1ccc(F)c(F)c1. The number of rotatable bonds is 4. The number of amides is 1. The quantitative estimate of drug-likeness (QED) is 0.546. The number of benzene rings is 2. The minimum absolute atomic E-state index is 0.0135. The fourth-order valence-corrected chi connectivity index (χ4v) is 2.24. The van der Waals surface area contributed by atoms with E-state index in [9.17, 15) is 13.6 Å². The Balaban J connectivity index is 1.79. The Labute approximate surface area is 154 Å². The van der Waals surface area contributed by atoms with Crippen molar-refractivity contribution in [2.24, 2.45) is 4.99 Å². The Morgan fingerprint density at radius 1 is 0.963 bits per heavy atom. The van der Waals surface area contributed by atoms with Gasteiger partial charge in [-0.05, 0) is 48.0 Å². The molecule has 0 saturated carbocycles. The summed E-state index contributed by atoms with van der Waals surface area (Å²) in [6, 6.07) is 15.7. The number of guanidine groups is 1. The first kappa shape index (κ1) is 18.2. The average molecular weight is 366 g/mol. The molecule has 1 amide bonds. The number of halogens is 2. The summed E-state index contributed by atoms with van der Waals surface area (Å²) in [7, 11) is 0. The third-order valence-corrected chi connectivity index (χ3v) is 3.62. The van der Waals surface area contributed by atoms with Crippen LogP contribution in [0.2, 0.25) is 0 Å². The molecule has 2 N–H and O–H groups in total. The molecule has 0 radical (unpaired) electrons. The highest BCUT2D eigenvalue weighted by molar-refractivity contribution is 6.09. The molecule has 2 aromatic carbocycles. The van der Waals surface area contributed by atoms with E-state index in [0.29, 0.717) is 6.54 Å². The molecule has 1 heterocycles. The minimum Gasteiger partial charge on any atom is -0.326 e. The van der Waals surface area contributed by atoms with Crippen molar-refractivity contribution in [1.29, 1.82) is 0 Å². The molecule has 0 spiro atoms. The molecule has 3 aromatic rings. The van der Waals surface area contributed by atoms with Gasteiger partial charge in [0, 0.05) is 23.6 Å². The second kappa shape index (κ2) is 8.66. The van der Waals surface area contributed by atoms with Gasteiger partial charge in [0.25, 0.3) is 5.91 Å². The molecule has 0 aliphatic heterocycles. The van der Waals surface area contributed by atoms with Gasteiger partial charge >= 0.3 is 0 Å². The lowest BCUT2D eigenvalue weighted by Gasteiger charge is -2.12. The van der Waals surface area contributed by atoms with Gasteiger partial charge in [-0.1, -0.05) is 18.2 Å². The second-order valence-electron chi connectivity index (χ2n) is 5.59. The molecular formula is C20H16F2N4O. The first-order valence-electron chi connectivity index (χ1n) is 8.13. The van der Waals surface area contributed by atoms with Crippen molar-refractivity contribution in [3.05, 3.63) is 95.8 Å². The number of aliphatic imine (C=N–C) groups is 1. The summed E-state index contributed by atoms with van der Waals surface area (Å²) in [5.74, 6) is -2.52. The lowest BCUT2D eigenvalue weighted by atomic mass is 10.2. The van der Waals surface area contributed by atoms with E-state index in [4.69, 9.17) is 0 Å². The molecule has 7 heteroatoms. The molecule has 0 bridgehead atoms. The molecule has 1 aromatic heterocycles. The summed E-state index contributed by atoms with van der Waals surface area (Å²) < 4.78 is 26.5. The van der Waals surface area contributed by atoms with Crippen LogP contribution in [0.4, 0.5) is 14.5 Å². The first-order valence-corrected chi connectivity index (χ1v) is 8.13. The molecule has 0 aliphatic carbocycles. The normalized spacial score (nSPS) is 11.1. The van der Waals surface area contributed by atoms with E-state index in [1.54, 1.807) is 24.5 Å². The number of carbonyl (C=O) groups excluding carboxylic acids is 1. The Hall–Kier alpha value is -3.61. The molecule has 0 saturated heterocycles. The first-order chi connectivity index (χ1) is 13.1. The summed E-state index contributed by atoms with van der Waals surface area (Å²) in [6.45, 7) is 0.301. The topological polar surface area (TPSA) is 66.4 Å². The minimum atomic E-state index is -1.09. The van der Waals surface area contributed by atoms with Crippen molar-refractivity contribution in [3.8, 4) is 0 Å². The number of carbonyl (C=O) groups is 1. The maximum Gasteiger partial charge on any atom is 0.258 e. The summed E-state index contributed by atoms with van der Waals surface area (Å²) in [6.07, 6.45) is 3.30. The third-order valence-electron chi connectivity index (χ3n) is 3.62. The van der Waals surface area contributed by atoms with Gasteiger partial charge in [0.1, 0.15) is 0 Å². The average Bonchev–Trinajstić information content (AvgIpc) is 2.70. The standard InChI is InChI=1S/C20H16F2N4O/c21-17-7-6-15(12-18(17)22)19(27)26-20(25-16-4-2-1-3-5-16)24-13-14-8-10-23-11-9-14/h1-12H,13H2,(H2,24,25,26,27). The van der Waals surface area contributed by atoms with E-state index >= 15 is 0 Å². The van der Waals surface area contributed by atoms with Crippen LogP contribution in [0.1, 0.15) is 15.9 Å². The molecule has 5 nitrogen and oxygen atoms in total. The maximum atomic E-state index is 13.4. The van der Waals surface area contributed by atoms with Crippen LogP contribution in [-0.2, 0) is 6.54 Å². The highest BCUT2D eigenvalue weighted by Crippen LogP contribution is 2.10. The van der Waals surface area contributed by atoms with Crippen molar-refractivity contribution in [2.45, 2.75) is 6.54 Å². The number of hydrogen-bond donors (Lipinski definition) is 2. The van der Waals surface area contributed by atoms with Gasteiger partial charge in [0.2, 0.25) is 5.96 Å². The van der Waals surface area contributed by atoms with Crippen LogP contribution in [-0.4, -0.2) is 16.9 Å². The van der Waals surface area contributed by atoms with Crippen molar-refractivity contribution in [1.82, 2.24) is 10.3 Å². The van der Waals surface area contributed by atoms with Crippen LogP contribution in [0.25, 0.3) is 0 Å². The largest absolute Gasteiger partial charge is 0.326 e. The van der Waals surface area contributed by atoms with Crippen molar-refractivity contribution < 1.29 is 13.6 Å². The Bertz CT molecular complexity index is 947. The van der Waals surface area contributed by atoms with E-state index in [2.05, 4.69) is 20.6 Å². The van der Waals surface area contributed by atoms with Crippen molar-refractivity contribution in [2.75, 3.05) is 5.32 Å². The molecule has 0 atom stereocenters. The highest BCUT2D eigenvalue weighted by Gasteiger charge is 2.12. The number of anilines is 1. The summed E-state index contributed by atoms with van der Waals surface area (Å²) >= 11 is 0. The van der Waals surface area contributed by atoms with Crippen LogP contribution in [0.3, 0.4) is 0 Å². The number of nitrogens with one attached hydrogen (secondary N) is 2. The van der Waals surface area contributed by atoms with Crippen molar-refractivity contribution in [3.63, 3.8) is 0 Å². The predicted octanol–water partition coefficient (Wildman–Crippen LogP) is 3.76. The summed E-state index contributed by atoms with van der Waals surface area (Å²) in [5, 5.41) is 5.60. The number of aromatic nitrogens is 1. The zero-order valence-corrected chi connectivity index (χ0v) is 14.2. The smallest absolute Gasteiger partial charge is 0.258 e. The van der Waals surface area contributed by atoms with Crippen LogP contribution >= 0.6 is 0 Å². The lowest BCUT2D eigenvalue weighted by molar-refractivity contribution is 0.0976. The predicted molar refractivity (Wildman–Crippen MR) is 99.3 cm³/mol. The number of para-hydroxylation sites is 1. The third kappa shape index (κ3) is 5.18. The fraction of sp³-hybridized carbons (Fsp3) is 0.0500. The zero-order chi connectivity index (χ0) is 19.1. The number of pyridine rings is 1. The van der Waals surface area contributed by atoms with E-state index in [1.165, 1.54) is 6.07 Å².